The summed E-state index contributed by atoms with van der Waals surface area (Å²) in [5, 5.41) is 0.236. The first-order chi connectivity index (χ1) is 19.0. The van der Waals surface area contributed by atoms with E-state index in [0.717, 1.165) is 18.4 Å². The van der Waals surface area contributed by atoms with Crippen LogP contribution in [-0.2, 0) is 4.79 Å². The number of thioether (sulfide) groups is 1. The average Bonchev–Trinajstić information content (AvgIpc) is 3.62. The molecular formula is C32H42N4O2S. The molecule has 0 bridgehead atoms. The van der Waals surface area contributed by atoms with Crippen molar-refractivity contribution in [1.29, 1.82) is 0 Å². The molecule has 2 aliphatic heterocycles. The number of piperazine rings is 1. The molecule has 2 aromatic carbocycles. The average molecular weight is 547 g/mol. The number of carbonyl (C=O) groups excluding carboxylic acids is 2. The second-order valence-electron chi connectivity index (χ2n) is 11.9. The molecule has 1 atom stereocenters. The van der Waals surface area contributed by atoms with Gasteiger partial charge in [0.15, 0.2) is 0 Å². The van der Waals surface area contributed by atoms with Gasteiger partial charge in [-0.25, -0.2) is 0 Å². The maximum Gasteiger partial charge on any atom is 0.253 e. The van der Waals surface area contributed by atoms with E-state index in [4.69, 9.17) is 5.73 Å². The highest BCUT2D eigenvalue weighted by Gasteiger charge is 2.48. The van der Waals surface area contributed by atoms with Gasteiger partial charge in [0.1, 0.15) is 5.37 Å². The molecule has 0 spiro atoms. The van der Waals surface area contributed by atoms with Crippen molar-refractivity contribution in [2.75, 3.05) is 31.1 Å². The Hall–Kier alpha value is -2.51. The molecule has 6 nitrogen and oxygen atoms in total. The molecule has 1 saturated heterocycles. The number of carbonyl (C=O) groups is 2. The summed E-state index contributed by atoms with van der Waals surface area (Å²) in [5.41, 5.74) is 8.83. The van der Waals surface area contributed by atoms with Crippen LogP contribution in [0.15, 0.2) is 53.4 Å². The number of rotatable bonds is 4. The van der Waals surface area contributed by atoms with Crippen molar-refractivity contribution in [1.82, 2.24) is 9.80 Å². The smallest absolute Gasteiger partial charge is 0.253 e. The number of nitrogens with zero attached hydrogens (tertiary/aromatic N) is 3. The lowest BCUT2D eigenvalue weighted by molar-refractivity contribution is -0.135. The zero-order valence-electron chi connectivity index (χ0n) is 23.0. The molecule has 4 aliphatic rings. The summed E-state index contributed by atoms with van der Waals surface area (Å²) in [7, 11) is 0. The summed E-state index contributed by atoms with van der Waals surface area (Å²) in [6, 6.07) is 17.7. The maximum absolute atomic E-state index is 13.3. The molecule has 7 heteroatoms. The van der Waals surface area contributed by atoms with Crippen LogP contribution in [0.5, 0.6) is 0 Å². The van der Waals surface area contributed by atoms with Gasteiger partial charge in [-0.3, -0.25) is 9.59 Å². The van der Waals surface area contributed by atoms with Crippen molar-refractivity contribution in [2.24, 2.45) is 5.73 Å². The van der Waals surface area contributed by atoms with Crippen molar-refractivity contribution in [2.45, 2.75) is 92.5 Å². The molecule has 2 aliphatic carbocycles. The van der Waals surface area contributed by atoms with Crippen molar-refractivity contribution in [3.05, 3.63) is 59.7 Å². The highest BCUT2D eigenvalue weighted by Crippen LogP contribution is 2.53. The van der Waals surface area contributed by atoms with Gasteiger partial charge in [-0.1, -0.05) is 81.0 Å². The Morgan fingerprint density at radius 3 is 2.00 bits per heavy atom. The fourth-order valence-corrected chi connectivity index (χ4v) is 7.89. The zero-order valence-corrected chi connectivity index (χ0v) is 23.8. The molecule has 2 aromatic rings. The summed E-state index contributed by atoms with van der Waals surface area (Å²) in [6.45, 7) is 2.25. The third kappa shape index (κ3) is 5.71. The van der Waals surface area contributed by atoms with Crippen LogP contribution in [0.25, 0.3) is 0 Å². The van der Waals surface area contributed by atoms with Gasteiger partial charge in [0, 0.05) is 42.7 Å². The minimum absolute atomic E-state index is 0.0500. The minimum atomic E-state index is -0.637. The topological polar surface area (TPSA) is 69.9 Å². The van der Waals surface area contributed by atoms with Gasteiger partial charge in [0.25, 0.3) is 5.91 Å². The lowest BCUT2D eigenvalue weighted by Crippen LogP contribution is -2.55. The van der Waals surface area contributed by atoms with Crippen LogP contribution in [0.4, 0.5) is 5.69 Å². The standard InChI is InChI=1S/C32H42N4O2S/c33-32(18-19-32)31(38)35-22-20-34(21-23-35)29(37)24-14-16-25(17-15-24)30-36(27-12-8-9-13-28(27)39-30)26-10-6-4-2-1-3-5-7-11-26/h8-9,12-17,26,30H,1-7,10-11,18-23,33H2. The highest BCUT2D eigenvalue weighted by atomic mass is 32.2. The number of benzene rings is 2. The Kier molecular flexibility index (Phi) is 7.90. The summed E-state index contributed by atoms with van der Waals surface area (Å²) in [4.78, 5) is 33.7. The largest absolute Gasteiger partial charge is 0.351 e. The van der Waals surface area contributed by atoms with Crippen molar-refractivity contribution < 1.29 is 9.59 Å². The van der Waals surface area contributed by atoms with E-state index in [1.807, 2.05) is 33.7 Å². The van der Waals surface area contributed by atoms with E-state index in [1.54, 1.807) is 0 Å². The quantitative estimate of drug-likeness (QED) is 0.512. The van der Waals surface area contributed by atoms with Crippen molar-refractivity contribution in [3.8, 4) is 0 Å². The van der Waals surface area contributed by atoms with E-state index in [9.17, 15) is 9.59 Å². The lowest BCUT2D eigenvalue weighted by Gasteiger charge is -2.36. The summed E-state index contributed by atoms with van der Waals surface area (Å²) in [5.74, 6) is 0.100. The molecule has 1 unspecified atom stereocenters. The first-order valence-electron chi connectivity index (χ1n) is 15.0. The lowest BCUT2D eigenvalue weighted by atomic mass is 9.95. The van der Waals surface area contributed by atoms with E-state index in [-0.39, 0.29) is 17.2 Å². The summed E-state index contributed by atoms with van der Waals surface area (Å²) < 4.78 is 0. The van der Waals surface area contributed by atoms with Gasteiger partial charge in [-0.05, 0) is 55.5 Å². The number of para-hydroxylation sites is 1. The second kappa shape index (κ2) is 11.5. The van der Waals surface area contributed by atoms with Crippen molar-refractivity contribution >= 4 is 29.3 Å². The van der Waals surface area contributed by atoms with Crippen LogP contribution in [0, 0.1) is 0 Å². The minimum Gasteiger partial charge on any atom is -0.351 e. The van der Waals surface area contributed by atoms with Crippen LogP contribution >= 0.6 is 11.8 Å². The monoisotopic (exact) mass is 546 g/mol. The highest BCUT2D eigenvalue weighted by molar-refractivity contribution is 8.00. The third-order valence-electron chi connectivity index (χ3n) is 9.11. The first kappa shape index (κ1) is 26.7. The van der Waals surface area contributed by atoms with Gasteiger partial charge in [-0.15, -0.1) is 0 Å². The molecule has 39 heavy (non-hydrogen) atoms. The molecular weight excluding hydrogens is 504 g/mol. The fraction of sp³-hybridized carbons (Fsp3) is 0.562. The van der Waals surface area contributed by atoms with Crippen LogP contribution in [0.3, 0.4) is 0 Å². The van der Waals surface area contributed by atoms with Gasteiger partial charge in [0.05, 0.1) is 11.2 Å². The maximum atomic E-state index is 13.3. The SMILES string of the molecule is NC1(C(=O)N2CCN(C(=O)c3ccc(C4Sc5ccccc5N4C4CCCCCCCCC4)cc3)CC2)CC1. The number of fused-ring (bicyclic) bond motifs is 1. The molecule has 0 aromatic heterocycles. The van der Waals surface area contributed by atoms with Gasteiger partial charge in [0.2, 0.25) is 5.91 Å². The second-order valence-corrected chi connectivity index (χ2v) is 13.0. The van der Waals surface area contributed by atoms with E-state index < -0.39 is 5.54 Å². The molecule has 2 saturated carbocycles. The number of anilines is 1. The van der Waals surface area contributed by atoms with Crippen molar-refractivity contribution in [3.63, 3.8) is 0 Å². The summed E-state index contributed by atoms with van der Waals surface area (Å²) in [6.07, 6.45) is 13.5. The predicted molar refractivity (Wildman–Crippen MR) is 158 cm³/mol. The number of amides is 2. The molecule has 2 heterocycles. The molecule has 3 fully saturated rings. The van der Waals surface area contributed by atoms with E-state index >= 15 is 0 Å². The van der Waals surface area contributed by atoms with Crippen LogP contribution in [-0.4, -0.2) is 59.4 Å². The molecule has 2 N–H and O–H groups in total. The van der Waals surface area contributed by atoms with Crippen LogP contribution in [0.1, 0.15) is 91.9 Å². The Morgan fingerprint density at radius 1 is 0.769 bits per heavy atom. The number of hydrogen-bond acceptors (Lipinski definition) is 5. The van der Waals surface area contributed by atoms with Crippen LogP contribution < -0.4 is 10.6 Å². The van der Waals surface area contributed by atoms with Gasteiger partial charge < -0.3 is 20.4 Å². The first-order valence-corrected chi connectivity index (χ1v) is 15.9. The van der Waals surface area contributed by atoms with Crippen LogP contribution in [0.2, 0.25) is 0 Å². The molecule has 0 radical (unpaired) electrons. The molecule has 6 rings (SSSR count). The van der Waals surface area contributed by atoms with E-state index in [2.05, 4.69) is 41.3 Å². The fourth-order valence-electron chi connectivity index (χ4n) is 6.51. The Bertz CT molecular complexity index is 1160. The molecule has 208 valence electrons. The van der Waals surface area contributed by atoms with E-state index in [0.29, 0.717) is 32.2 Å². The predicted octanol–water partition coefficient (Wildman–Crippen LogP) is 5.97. The van der Waals surface area contributed by atoms with Gasteiger partial charge >= 0.3 is 0 Å². The Balaban J connectivity index is 1.15. The number of nitrogens with two attached hydrogens (primary N) is 1. The Morgan fingerprint density at radius 2 is 1.36 bits per heavy atom. The number of hydrogen-bond donors (Lipinski definition) is 1. The normalized spacial score (nSPS) is 23.8. The Labute approximate surface area is 237 Å². The zero-order chi connectivity index (χ0) is 26.8. The van der Waals surface area contributed by atoms with E-state index in [1.165, 1.54) is 73.9 Å². The molecule has 2 amide bonds. The third-order valence-corrected chi connectivity index (χ3v) is 10.4. The summed E-state index contributed by atoms with van der Waals surface area (Å²) >= 11 is 1.95. The van der Waals surface area contributed by atoms with Gasteiger partial charge in [-0.2, -0.15) is 0 Å².